The van der Waals surface area contributed by atoms with Crippen molar-refractivity contribution in [3.8, 4) is 11.5 Å². The molecule has 0 fully saturated rings. The molecule has 0 aliphatic carbocycles. The number of oxazole rings is 1. The van der Waals surface area contributed by atoms with Gasteiger partial charge < -0.3 is 10.2 Å². The van der Waals surface area contributed by atoms with E-state index in [2.05, 4.69) is 9.97 Å². The highest BCUT2D eigenvalue weighted by Crippen LogP contribution is 2.29. The minimum Gasteiger partial charge on any atom is -0.436 e. The van der Waals surface area contributed by atoms with Crippen molar-refractivity contribution in [3.05, 3.63) is 41.7 Å². The van der Waals surface area contributed by atoms with E-state index in [1.165, 1.54) is 0 Å². The van der Waals surface area contributed by atoms with E-state index in [9.17, 15) is 0 Å². The highest BCUT2D eigenvalue weighted by Gasteiger charge is 2.10. The number of nitrogen functional groups attached to an aromatic ring is 1. The lowest BCUT2D eigenvalue weighted by Gasteiger charge is -1.94. The van der Waals surface area contributed by atoms with Crippen LogP contribution in [0.4, 0.5) is 5.69 Å². The first-order valence-corrected chi connectivity index (χ1v) is 5.38. The van der Waals surface area contributed by atoms with Gasteiger partial charge in [-0.1, -0.05) is 11.6 Å². The second-order valence-corrected chi connectivity index (χ2v) is 4.01. The summed E-state index contributed by atoms with van der Waals surface area (Å²) in [7, 11) is 0. The highest BCUT2D eigenvalue weighted by molar-refractivity contribution is 6.33. The zero-order valence-corrected chi connectivity index (χ0v) is 9.48. The summed E-state index contributed by atoms with van der Waals surface area (Å²) in [5, 5.41) is 0.475. The minimum atomic E-state index is 0.475. The van der Waals surface area contributed by atoms with Crippen LogP contribution in [0.1, 0.15) is 0 Å². The van der Waals surface area contributed by atoms with Gasteiger partial charge in [0.2, 0.25) is 5.89 Å². The van der Waals surface area contributed by atoms with Crippen molar-refractivity contribution in [1.29, 1.82) is 0 Å². The maximum Gasteiger partial charge on any atom is 0.228 e. The molecule has 1 aromatic carbocycles. The van der Waals surface area contributed by atoms with Crippen molar-refractivity contribution >= 4 is 28.4 Å². The third-order valence-electron chi connectivity index (χ3n) is 2.42. The van der Waals surface area contributed by atoms with E-state index < -0.39 is 0 Å². The zero-order valence-electron chi connectivity index (χ0n) is 8.72. The summed E-state index contributed by atoms with van der Waals surface area (Å²) < 4.78 is 5.60. The Morgan fingerprint density at radius 2 is 2.18 bits per heavy atom. The molecule has 0 aliphatic heterocycles. The van der Waals surface area contributed by atoms with Gasteiger partial charge in [0, 0.05) is 18.5 Å². The van der Waals surface area contributed by atoms with Gasteiger partial charge in [-0.15, -0.1) is 0 Å². The van der Waals surface area contributed by atoms with Gasteiger partial charge >= 0.3 is 0 Å². The molecule has 0 bridgehead atoms. The lowest BCUT2D eigenvalue weighted by molar-refractivity contribution is 0.619. The Morgan fingerprint density at radius 1 is 1.29 bits per heavy atom. The Labute approximate surface area is 102 Å². The summed E-state index contributed by atoms with van der Waals surface area (Å²) in [5.74, 6) is 0.509. The van der Waals surface area contributed by atoms with E-state index in [-0.39, 0.29) is 0 Å². The molecule has 3 aromatic rings. The first-order valence-electron chi connectivity index (χ1n) is 5.00. The summed E-state index contributed by atoms with van der Waals surface area (Å²) in [6.45, 7) is 0. The van der Waals surface area contributed by atoms with Gasteiger partial charge in [-0.3, -0.25) is 4.98 Å². The van der Waals surface area contributed by atoms with Gasteiger partial charge in [-0.05, 0) is 18.2 Å². The van der Waals surface area contributed by atoms with Crippen LogP contribution in [0.5, 0.6) is 0 Å². The number of hydrogen-bond acceptors (Lipinski definition) is 4. The normalized spacial score (nSPS) is 10.9. The molecule has 0 saturated carbocycles. The molecule has 17 heavy (non-hydrogen) atoms. The SMILES string of the molecule is Nc1cc2oc(-c3cccnc3)nc2cc1Cl. The van der Waals surface area contributed by atoms with Crippen LogP contribution in [0.15, 0.2) is 41.1 Å². The third-order valence-corrected chi connectivity index (χ3v) is 2.74. The quantitative estimate of drug-likeness (QED) is 0.669. The zero-order chi connectivity index (χ0) is 11.8. The predicted octanol–water partition coefficient (Wildman–Crippen LogP) is 3.13. The second kappa shape index (κ2) is 3.75. The van der Waals surface area contributed by atoms with Crippen LogP contribution in [0.3, 0.4) is 0 Å². The average Bonchev–Trinajstić information content (AvgIpc) is 2.74. The number of aromatic nitrogens is 2. The van der Waals surface area contributed by atoms with Crippen LogP contribution in [0.2, 0.25) is 5.02 Å². The van der Waals surface area contributed by atoms with Crippen LogP contribution in [-0.2, 0) is 0 Å². The molecule has 0 atom stereocenters. The molecule has 2 aromatic heterocycles. The molecular weight excluding hydrogens is 238 g/mol. The van der Waals surface area contributed by atoms with E-state index in [1.807, 2.05) is 12.1 Å². The van der Waals surface area contributed by atoms with Crippen molar-refractivity contribution in [2.24, 2.45) is 0 Å². The van der Waals surface area contributed by atoms with E-state index in [1.54, 1.807) is 24.5 Å². The molecule has 0 spiro atoms. The molecule has 4 nitrogen and oxygen atoms in total. The Bertz CT molecular complexity index is 640. The van der Waals surface area contributed by atoms with Gasteiger partial charge in [-0.25, -0.2) is 4.98 Å². The molecule has 0 unspecified atom stereocenters. The molecule has 2 heterocycles. The predicted molar refractivity (Wildman–Crippen MR) is 66.7 cm³/mol. The molecule has 0 amide bonds. The van der Waals surface area contributed by atoms with Gasteiger partial charge in [0.05, 0.1) is 16.3 Å². The number of nitrogens with zero attached hydrogens (tertiary/aromatic N) is 2. The van der Waals surface area contributed by atoms with Crippen molar-refractivity contribution in [1.82, 2.24) is 9.97 Å². The average molecular weight is 246 g/mol. The van der Waals surface area contributed by atoms with Crippen molar-refractivity contribution < 1.29 is 4.42 Å². The Balaban J connectivity index is 2.21. The summed E-state index contributed by atoms with van der Waals surface area (Å²) >= 11 is 5.92. The number of halogens is 1. The number of rotatable bonds is 1. The first-order chi connectivity index (χ1) is 8.24. The van der Waals surface area contributed by atoms with Gasteiger partial charge in [0.25, 0.3) is 0 Å². The standard InChI is InChI=1S/C12H8ClN3O/c13-8-4-10-11(5-9(8)14)17-12(16-10)7-2-1-3-15-6-7/h1-6H,14H2. The molecule has 3 rings (SSSR count). The third kappa shape index (κ3) is 1.72. The molecule has 84 valence electrons. The molecule has 0 radical (unpaired) electrons. The minimum absolute atomic E-state index is 0.475. The van der Waals surface area contributed by atoms with Gasteiger partial charge in [-0.2, -0.15) is 0 Å². The number of benzene rings is 1. The van der Waals surface area contributed by atoms with Crippen molar-refractivity contribution in [2.45, 2.75) is 0 Å². The number of fused-ring (bicyclic) bond motifs is 1. The molecule has 2 N–H and O–H groups in total. The van der Waals surface area contributed by atoms with Crippen molar-refractivity contribution in [3.63, 3.8) is 0 Å². The second-order valence-electron chi connectivity index (χ2n) is 3.60. The Kier molecular flexibility index (Phi) is 2.23. The Hall–Kier alpha value is -2.07. The van der Waals surface area contributed by atoms with E-state index in [0.29, 0.717) is 27.7 Å². The van der Waals surface area contributed by atoms with Crippen LogP contribution < -0.4 is 5.73 Å². The van der Waals surface area contributed by atoms with Crippen LogP contribution in [0.25, 0.3) is 22.6 Å². The van der Waals surface area contributed by atoms with Crippen LogP contribution in [0, 0.1) is 0 Å². The van der Waals surface area contributed by atoms with E-state index >= 15 is 0 Å². The molecule has 0 aliphatic rings. The largest absolute Gasteiger partial charge is 0.436 e. The summed E-state index contributed by atoms with van der Waals surface area (Å²) in [6.07, 6.45) is 3.39. The van der Waals surface area contributed by atoms with Gasteiger partial charge in [0.1, 0.15) is 5.52 Å². The van der Waals surface area contributed by atoms with Gasteiger partial charge in [0.15, 0.2) is 5.58 Å². The fourth-order valence-corrected chi connectivity index (χ4v) is 1.73. The number of anilines is 1. The number of pyridine rings is 1. The highest BCUT2D eigenvalue weighted by atomic mass is 35.5. The molecular formula is C12H8ClN3O. The first kappa shape index (κ1) is 10.1. The monoisotopic (exact) mass is 245 g/mol. The maximum atomic E-state index is 5.92. The lowest BCUT2D eigenvalue weighted by atomic mass is 10.3. The number of hydrogen-bond donors (Lipinski definition) is 1. The molecule has 0 saturated heterocycles. The summed E-state index contributed by atoms with van der Waals surface area (Å²) in [4.78, 5) is 8.35. The van der Waals surface area contributed by atoms with Crippen molar-refractivity contribution in [2.75, 3.05) is 5.73 Å². The lowest BCUT2D eigenvalue weighted by Crippen LogP contribution is -1.84. The Morgan fingerprint density at radius 3 is 2.94 bits per heavy atom. The van der Waals surface area contributed by atoms with E-state index in [0.717, 1.165) is 5.56 Å². The number of nitrogens with two attached hydrogens (primary N) is 1. The smallest absolute Gasteiger partial charge is 0.228 e. The molecule has 5 heteroatoms. The topological polar surface area (TPSA) is 64.9 Å². The van der Waals surface area contributed by atoms with Crippen LogP contribution in [-0.4, -0.2) is 9.97 Å². The van der Waals surface area contributed by atoms with Crippen LogP contribution >= 0.6 is 11.6 Å². The fraction of sp³-hybridized carbons (Fsp3) is 0. The fourth-order valence-electron chi connectivity index (χ4n) is 1.58. The van der Waals surface area contributed by atoms with E-state index in [4.69, 9.17) is 21.8 Å². The summed E-state index contributed by atoms with van der Waals surface area (Å²) in [6, 6.07) is 7.06. The maximum absolute atomic E-state index is 5.92. The summed E-state index contributed by atoms with van der Waals surface area (Å²) in [5.41, 5.74) is 8.30.